The molecule has 96 valence electrons. The molecule has 2 rings (SSSR count). The minimum Gasteiger partial charge on any atom is -0.359 e. The predicted octanol–water partition coefficient (Wildman–Crippen LogP) is 2.85. The second-order valence-electron chi connectivity index (χ2n) is 5.66. The average Bonchev–Trinajstić information content (AvgIpc) is 2.32. The summed E-state index contributed by atoms with van der Waals surface area (Å²) in [5.74, 6) is 0.873. The van der Waals surface area contributed by atoms with Crippen molar-refractivity contribution in [2.75, 3.05) is 18.5 Å². The summed E-state index contributed by atoms with van der Waals surface area (Å²) < 4.78 is 6.21. The molecule has 18 heavy (non-hydrogen) atoms. The molecule has 0 fully saturated rings. The van der Waals surface area contributed by atoms with Crippen molar-refractivity contribution in [3.63, 3.8) is 0 Å². The van der Waals surface area contributed by atoms with Gasteiger partial charge in [0.05, 0.1) is 6.42 Å². The van der Waals surface area contributed by atoms with E-state index in [9.17, 15) is 0 Å². The molecule has 1 aliphatic rings. The van der Waals surface area contributed by atoms with E-state index in [1.165, 1.54) is 0 Å². The Balaban J connectivity index is 2.52. The van der Waals surface area contributed by atoms with E-state index in [1.807, 2.05) is 19.2 Å². The second-order valence-corrected chi connectivity index (χ2v) is 10.1. The van der Waals surface area contributed by atoms with Crippen LogP contribution in [0.2, 0.25) is 19.6 Å². The molecule has 0 aliphatic carbocycles. The molecule has 2 heterocycles. The van der Waals surface area contributed by atoms with E-state index >= 15 is 0 Å². The Labute approximate surface area is 110 Å². The van der Waals surface area contributed by atoms with Crippen LogP contribution in [-0.4, -0.2) is 26.9 Å². The maximum Gasteiger partial charge on any atom is 0.360 e. The summed E-state index contributed by atoms with van der Waals surface area (Å²) in [6.45, 7) is 14.8. The Kier molecular flexibility index (Phi) is 3.17. The van der Waals surface area contributed by atoms with Gasteiger partial charge < -0.3 is 9.33 Å². The van der Waals surface area contributed by atoms with E-state index in [4.69, 9.17) is 11.0 Å². The molecule has 0 saturated carbocycles. The maximum atomic E-state index is 7.60. The summed E-state index contributed by atoms with van der Waals surface area (Å²) in [5.41, 5.74) is 0.0804. The highest BCUT2D eigenvalue weighted by atomic mass is 28.4. The van der Waals surface area contributed by atoms with Gasteiger partial charge in [-0.05, 0) is 31.8 Å². The lowest BCUT2D eigenvalue weighted by atomic mass is 9.96. The fraction of sp³-hybridized carbons (Fsp3) is 0.538. The van der Waals surface area contributed by atoms with Crippen molar-refractivity contribution in [1.82, 2.24) is 4.98 Å². The molecule has 0 radical (unpaired) electrons. The van der Waals surface area contributed by atoms with Crippen molar-refractivity contribution in [3.8, 4) is 0 Å². The highest BCUT2D eigenvalue weighted by Gasteiger charge is 2.49. The first-order chi connectivity index (χ1) is 8.38. The van der Waals surface area contributed by atoms with E-state index in [2.05, 4.69) is 34.4 Å². The maximum absolute atomic E-state index is 7.60. The second kappa shape index (κ2) is 4.37. The van der Waals surface area contributed by atoms with Crippen molar-refractivity contribution in [2.24, 2.45) is 0 Å². The van der Waals surface area contributed by atoms with Crippen LogP contribution in [0.3, 0.4) is 0 Å². The van der Waals surface area contributed by atoms with E-state index in [1.54, 1.807) is 6.20 Å². The monoisotopic (exact) mass is 261 g/mol. The highest BCUT2D eigenvalue weighted by molar-refractivity contribution is 6.69. The Morgan fingerprint density at radius 2 is 2.22 bits per heavy atom. The summed E-state index contributed by atoms with van der Waals surface area (Å²) in [4.78, 5) is 10.3. The molecule has 0 saturated heterocycles. The molecule has 0 bridgehead atoms. The topological polar surface area (TPSA) is 29.7 Å². The average molecular weight is 261 g/mol. The molecule has 0 amide bonds. The van der Waals surface area contributed by atoms with Gasteiger partial charge in [-0.3, -0.25) is 4.85 Å². The molecule has 0 spiro atoms. The number of anilines is 1. The first-order valence-electron chi connectivity index (χ1n) is 6.13. The van der Waals surface area contributed by atoms with Crippen LogP contribution in [0.25, 0.3) is 4.85 Å². The summed E-state index contributed by atoms with van der Waals surface area (Å²) in [5, 5.41) is 0. The van der Waals surface area contributed by atoms with Gasteiger partial charge in [-0.15, -0.1) is 0 Å². The number of pyridine rings is 1. The number of nitrogens with zero attached hydrogens (tertiary/aromatic N) is 3. The first-order valence-corrected chi connectivity index (χ1v) is 9.54. The van der Waals surface area contributed by atoms with Crippen LogP contribution in [0.4, 0.5) is 5.82 Å². The molecule has 1 aliphatic heterocycles. The van der Waals surface area contributed by atoms with Gasteiger partial charge in [-0.25, -0.2) is 11.6 Å². The lowest BCUT2D eigenvalue weighted by molar-refractivity contribution is 0.0949. The zero-order valence-electron chi connectivity index (χ0n) is 11.4. The normalized spacial score (nSPS) is 23.4. The van der Waals surface area contributed by atoms with Gasteiger partial charge in [-0.2, -0.15) is 0 Å². The zero-order valence-corrected chi connectivity index (χ0v) is 12.4. The van der Waals surface area contributed by atoms with Crippen molar-refractivity contribution in [2.45, 2.75) is 31.8 Å². The molecule has 1 atom stereocenters. The molecule has 4 nitrogen and oxygen atoms in total. The molecular formula is C13H19N3OSi. The fourth-order valence-corrected chi connectivity index (χ4v) is 3.59. The van der Waals surface area contributed by atoms with Gasteiger partial charge in [0, 0.05) is 19.8 Å². The van der Waals surface area contributed by atoms with Crippen molar-refractivity contribution < 1.29 is 4.43 Å². The lowest BCUT2D eigenvalue weighted by Crippen LogP contribution is -2.44. The number of rotatable bonds is 2. The van der Waals surface area contributed by atoms with Crippen LogP contribution in [0.5, 0.6) is 0 Å². The summed E-state index contributed by atoms with van der Waals surface area (Å²) in [6.07, 6.45) is 2.47. The number of fused-ring (bicyclic) bond motifs is 1. The van der Waals surface area contributed by atoms with Crippen LogP contribution in [0, 0.1) is 6.57 Å². The van der Waals surface area contributed by atoms with E-state index < -0.39 is 14.0 Å². The van der Waals surface area contributed by atoms with Gasteiger partial charge in [0.15, 0.2) is 8.32 Å². The van der Waals surface area contributed by atoms with Crippen molar-refractivity contribution in [3.05, 3.63) is 35.3 Å². The van der Waals surface area contributed by atoms with Crippen molar-refractivity contribution in [1.29, 1.82) is 0 Å². The van der Waals surface area contributed by atoms with E-state index in [0.29, 0.717) is 6.42 Å². The SMILES string of the molecule is [C-]#[N+]C1(O[Si](C)(C)C)CCN(C)c2ncccc21. The van der Waals surface area contributed by atoms with E-state index in [-0.39, 0.29) is 0 Å². The standard InChI is InChI=1S/C13H19N3OSi/c1-14-13(17-18(3,4)5)8-10-16(2)12-11(13)7-6-9-15-12/h6-7,9H,8,10H2,2-5H3. The quantitative estimate of drug-likeness (QED) is 0.605. The zero-order chi connectivity index (χ0) is 13.4. The molecule has 1 aromatic heterocycles. The third-order valence-corrected chi connectivity index (χ3v) is 3.96. The Hall–Kier alpha value is -1.38. The largest absolute Gasteiger partial charge is 0.360 e. The van der Waals surface area contributed by atoms with Gasteiger partial charge in [0.2, 0.25) is 0 Å². The smallest absolute Gasteiger partial charge is 0.359 e. The Morgan fingerprint density at radius 1 is 1.50 bits per heavy atom. The number of hydrogen-bond donors (Lipinski definition) is 0. The number of hydrogen-bond acceptors (Lipinski definition) is 3. The molecule has 0 aromatic carbocycles. The predicted molar refractivity (Wildman–Crippen MR) is 74.8 cm³/mol. The van der Waals surface area contributed by atoms with Crippen LogP contribution in [0.15, 0.2) is 18.3 Å². The summed E-state index contributed by atoms with van der Waals surface area (Å²) in [7, 11) is 0.220. The molecule has 0 N–H and O–H groups in total. The molecule has 5 heteroatoms. The Bertz CT molecular complexity index is 492. The van der Waals surface area contributed by atoms with Crippen LogP contribution < -0.4 is 4.90 Å². The minimum atomic E-state index is -1.79. The molecule has 1 unspecified atom stereocenters. The first kappa shape index (κ1) is 13.1. The lowest BCUT2D eigenvalue weighted by Gasteiger charge is -2.36. The van der Waals surface area contributed by atoms with Gasteiger partial charge in [0.25, 0.3) is 0 Å². The van der Waals surface area contributed by atoms with Crippen molar-refractivity contribution >= 4 is 14.1 Å². The van der Waals surface area contributed by atoms with E-state index in [0.717, 1.165) is 17.9 Å². The fourth-order valence-electron chi connectivity index (χ4n) is 2.32. The van der Waals surface area contributed by atoms with Crippen LogP contribution in [0.1, 0.15) is 12.0 Å². The van der Waals surface area contributed by atoms with Gasteiger partial charge in [-0.1, -0.05) is 0 Å². The summed E-state index contributed by atoms with van der Waals surface area (Å²) >= 11 is 0. The molecular weight excluding hydrogens is 242 g/mol. The minimum absolute atomic E-state index is 0.704. The van der Waals surface area contributed by atoms with Gasteiger partial charge in [0.1, 0.15) is 11.4 Å². The highest BCUT2D eigenvalue weighted by Crippen LogP contribution is 2.42. The number of aromatic nitrogens is 1. The van der Waals surface area contributed by atoms with Gasteiger partial charge >= 0.3 is 5.72 Å². The summed E-state index contributed by atoms with van der Waals surface area (Å²) in [6, 6.07) is 3.85. The Morgan fingerprint density at radius 3 is 2.83 bits per heavy atom. The van der Waals surface area contributed by atoms with Crippen LogP contribution in [-0.2, 0) is 10.2 Å². The third kappa shape index (κ3) is 2.26. The third-order valence-electron chi connectivity index (χ3n) is 3.01. The molecule has 1 aromatic rings. The van der Waals surface area contributed by atoms with Crippen LogP contribution >= 0.6 is 0 Å².